The van der Waals surface area contributed by atoms with Gasteiger partial charge in [-0.2, -0.15) is 0 Å². The molecular formula is C46H70N6S2+4. The lowest BCUT2D eigenvalue weighted by atomic mass is 10.1. The van der Waals surface area contributed by atoms with E-state index in [1.54, 1.807) is 0 Å². The fraction of sp³-hybridized carbons (Fsp3) is 0.435. The van der Waals surface area contributed by atoms with Crippen LogP contribution in [-0.4, -0.2) is 116 Å². The molecule has 0 aliphatic heterocycles. The maximum atomic E-state index is 3.97. The van der Waals surface area contributed by atoms with E-state index in [4.69, 9.17) is 0 Å². The molecule has 2 aromatic carbocycles. The first-order valence-electron chi connectivity index (χ1n) is 19.5. The van der Waals surface area contributed by atoms with Gasteiger partial charge < -0.3 is 18.8 Å². The van der Waals surface area contributed by atoms with Crippen LogP contribution in [0.3, 0.4) is 0 Å². The van der Waals surface area contributed by atoms with Crippen LogP contribution in [0.1, 0.15) is 42.4 Å². The van der Waals surface area contributed by atoms with Crippen molar-refractivity contribution in [2.45, 2.75) is 32.2 Å². The van der Waals surface area contributed by atoms with Crippen molar-refractivity contribution < 1.29 is 18.5 Å². The van der Waals surface area contributed by atoms with Crippen molar-refractivity contribution in [3.8, 4) is 0 Å². The van der Waals surface area contributed by atoms with Gasteiger partial charge in [-0.25, -0.2) is 9.56 Å². The Morgan fingerprint density at radius 3 is 1.63 bits per heavy atom. The first-order valence-corrected chi connectivity index (χ1v) is 22.0. The average Bonchev–Trinajstić information content (AvgIpc) is 3.15. The van der Waals surface area contributed by atoms with Gasteiger partial charge in [-0.3, -0.25) is 0 Å². The molecule has 292 valence electrons. The van der Waals surface area contributed by atoms with Crippen molar-refractivity contribution in [1.29, 1.82) is 0 Å². The molecule has 0 radical (unpaired) electrons. The van der Waals surface area contributed by atoms with Gasteiger partial charge in [0.15, 0.2) is 18.6 Å². The molecule has 1 aromatic heterocycles. The average molecular weight is 771 g/mol. The normalized spacial score (nSPS) is 12.7. The fourth-order valence-electron chi connectivity index (χ4n) is 5.82. The van der Waals surface area contributed by atoms with Crippen molar-refractivity contribution in [3.05, 3.63) is 120 Å². The minimum Gasteiger partial charge on any atom is -0.378 e. The molecule has 0 spiro atoms. The van der Waals surface area contributed by atoms with E-state index in [0.717, 1.165) is 27.6 Å². The largest absolute Gasteiger partial charge is 0.378 e. The zero-order chi connectivity index (χ0) is 39.2. The number of pyridine rings is 1. The molecule has 3 rings (SSSR count). The molecule has 1 N–H and O–H groups in total. The number of hydrogen-bond donors (Lipinski definition) is 1. The van der Waals surface area contributed by atoms with Gasteiger partial charge in [-0.05, 0) is 46.5 Å². The molecular weight excluding hydrogens is 701 g/mol. The molecule has 3 aromatic rings. The number of aromatic nitrogens is 1. The third-order valence-electron chi connectivity index (χ3n) is 9.71. The minimum absolute atomic E-state index is 0.993. The van der Waals surface area contributed by atoms with Crippen molar-refractivity contribution in [1.82, 2.24) is 0 Å². The summed E-state index contributed by atoms with van der Waals surface area (Å²) in [6.07, 6.45) is 24.0. The van der Waals surface area contributed by atoms with Crippen LogP contribution >= 0.6 is 21.6 Å². The Kier molecular flexibility index (Phi) is 20.0. The third kappa shape index (κ3) is 18.7. The van der Waals surface area contributed by atoms with Crippen molar-refractivity contribution in [2.75, 3.05) is 110 Å². The highest BCUT2D eigenvalue weighted by molar-refractivity contribution is 8.76. The number of anilines is 2. The van der Waals surface area contributed by atoms with E-state index in [-0.39, 0.29) is 0 Å². The topological polar surface area (TPSA) is 24.3 Å². The van der Waals surface area contributed by atoms with E-state index in [1.165, 1.54) is 91.4 Å². The number of quaternary nitrogens is 2. The second-order valence-corrected chi connectivity index (χ2v) is 18.5. The van der Waals surface area contributed by atoms with E-state index in [9.17, 15) is 0 Å². The number of hydrogen-bond acceptors (Lipinski definition) is 4. The molecule has 0 saturated heterocycles. The maximum Gasteiger partial charge on any atom is 0.169 e. The number of allylic oxidation sites excluding steroid dienone is 4. The van der Waals surface area contributed by atoms with Crippen LogP contribution in [0.4, 0.5) is 11.4 Å². The molecule has 1 heterocycles. The van der Waals surface area contributed by atoms with E-state index in [0.29, 0.717) is 0 Å². The summed E-state index contributed by atoms with van der Waals surface area (Å²) in [7, 11) is 21.9. The van der Waals surface area contributed by atoms with E-state index < -0.39 is 0 Å². The Morgan fingerprint density at radius 2 is 1.13 bits per heavy atom. The third-order valence-corrected chi connectivity index (χ3v) is 12.1. The van der Waals surface area contributed by atoms with Crippen molar-refractivity contribution >= 4 is 57.4 Å². The van der Waals surface area contributed by atoms with Crippen LogP contribution in [0.25, 0.3) is 18.2 Å². The first kappa shape index (κ1) is 44.8. The minimum atomic E-state index is 0.993. The highest BCUT2D eigenvalue weighted by atomic mass is 33.1. The monoisotopic (exact) mass is 771 g/mol. The Hall–Kier alpha value is -3.56. The molecule has 8 heteroatoms. The SMILES string of the molecule is C=CC(/C=C/c1ccc(N(C)C)cc1)=C\C=[NH+]CCCC[N+](C)(C)CCSSCC[N+](C)(C)CCCC[n+]1ccc(/C=C/c2ccc(N(C)C)cc2)cc1. The molecule has 0 saturated carbocycles. The molecule has 0 unspecified atom stereocenters. The summed E-state index contributed by atoms with van der Waals surface area (Å²) in [4.78, 5) is 7.70. The lowest BCUT2D eigenvalue weighted by Crippen LogP contribution is -2.68. The predicted octanol–water partition coefficient (Wildman–Crippen LogP) is 7.35. The van der Waals surface area contributed by atoms with Crippen LogP contribution < -0.4 is 19.4 Å². The summed E-state index contributed by atoms with van der Waals surface area (Å²) in [6.45, 7) is 10.9. The predicted molar refractivity (Wildman–Crippen MR) is 243 cm³/mol. The standard InChI is InChI=1S/C46H69N6S2/c1-10-41(15-16-42-19-23-45(24-20-42)48(2)3)27-31-47-30-11-13-35-51(6,7)37-39-53-54-40-38-52(8,9)36-14-12-32-50-33-28-44(29-34-50)18-17-43-21-25-46(26-22-43)49(4)5/h10,15-29,31,33-34H,1,11-14,30,32,35-40H2,2-9H3/q+3/p+1/b16-15+,41-27+,47-31?. The second-order valence-electron chi connectivity index (χ2n) is 15.8. The Morgan fingerprint density at radius 1 is 0.648 bits per heavy atom. The molecule has 0 fully saturated rings. The first-order chi connectivity index (χ1) is 25.9. The molecule has 0 atom stereocenters. The van der Waals surface area contributed by atoms with Gasteiger partial charge in [0.05, 0.1) is 65.9 Å². The number of aryl methyl sites for hydroxylation is 1. The van der Waals surface area contributed by atoms with Crippen molar-refractivity contribution in [2.24, 2.45) is 0 Å². The molecule has 0 bridgehead atoms. The van der Waals surface area contributed by atoms with Gasteiger partial charge in [0.2, 0.25) is 0 Å². The highest BCUT2D eigenvalue weighted by Crippen LogP contribution is 2.23. The summed E-state index contributed by atoms with van der Waals surface area (Å²) in [5, 5.41) is 0. The van der Waals surface area contributed by atoms with Gasteiger partial charge in [-0.1, -0.05) is 82.8 Å². The molecule has 54 heavy (non-hydrogen) atoms. The van der Waals surface area contributed by atoms with Crippen LogP contribution in [0.2, 0.25) is 0 Å². The second kappa shape index (κ2) is 24.1. The van der Waals surface area contributed by atoms with Gasteiger partial charge in [-0.15, -0.1) is 0 Å². The molecule has 0 amide bonds. The Labute approximate surface area is 337 Å². The summed E-state index contributed by atoms with van der Waals surface area (Å²) in [5.41, 5.74) is 7.16. The van der Waals surface area contributed by atoms with Gasteiger partial charge >= 0.3 is 0 Å². The van der Waals surface area contributed by atoms with Crippen molar-refractivity contribution in [3.63, 3.8) is 0 Å². The van der Waals surface area contributed by atoms with E-state index >= 15 is 0 Å². The Bertz CT molecular complexity index is 1620. The van der Waals surface area contributed by atoms with E-state index in [2.05, 4.69) is 214 Å². The fourth-order valence-corrected chi connectivity index (χ4v) is 8.35. The smallest absolute Gasteiger partial charge is 0.169 e. The highest BCUT2D eigenvalue weighted by Gasteiger charge is 2.17. The molecule has 0 aliphatic rings. The summed E-state index contributed by atoms with van der Waals surface area (Å²) >= 11 is 0. The molecule has 6 nitrogen and oxygen atoms in total. The number of benzene rings is 2. The zero-order valence-electron chi connectivity index (χ0n) is 34.7. The summed E-state index contributed by atoms with van der Waals surface area (Å²) in [5.74, 6) is 2.41. The lowest BCUT2D eigenvalue weighted by Gasteiger charge is -2.30. The number of nitrogens with one attached hydrogen (secondary N) is 1. The van der Waals surface area contributed by atoms with Crippen LogP contribution in [-0.2, 0) is 6.54 Å². The van der Waals surface area contributed by atoms with Gasteiger partial charge in [0.1, 0.15) is 13.1 Å². The maximum absolute atomic E-state index is 3.97. The van der Waals surface area contributed by atoms with Crippen LogP contribution in [0.15, 0.2) is 103 Å². The molecule has 0 aliphatic carbocycles. The van der Waals surface area contributed by atoms with Crippen LogP contribution in [0.5, 0.6) is 0 Å². The number of unbranched alkanes of at least 4 members (excludes halogenated alkanes) is 2. The van der Waals surface area contributed by atoms with Gasteiger partial charge in [0.25, 0.3) is 0 Å². The summed E-state index contributed by atoms with van der Waals surface area (Å²) < 4.78 is 4.50. The zero-order valence-corrected chi connectivity index (χ0v) is 36.3. The van der Waals surface area contributed by atoms with E-state index in [1.807, 2.05) is 6.08 Å². The summed E-state index contributed by atoms with van der Waals surface area (Å²) in [6, 6.07) is 21.6. The number of nitrogens with zero attached hydrogens (tertiary/aromatic N) is 5. The number of rotatable bonds is 25. The Balaban J connectivity index is 1.21. The quantitative estimate of drug-likeness (QED) is 0.0244. The lowest BCUT2D eigenvalue weighted by molar-refractivity contribution is -0.888. The van der Waals surface area contributed by atoms with Crippen LogP contribution in [0, 0.1) is 0 Å². The van der Waals surface area contributed by atoms with Gasteiger partial charge in [0, 0.05) is 83.5 Å².